The van der Waals surface area contributed by atoms with Crippen LogP contribution in [0.2, 0.25) is 5.02 Å². The number of benzene rings is 1. The summed E-state index contributed by atoms with van der Waals surface area (Å²) in [5, 5.41) is 21.7. The van der Waals surface area contributed by atoms with Gasteiger partial charge < -0.3 is 9.88 Å². The number of rotatable bonds is 4. The minimum atomic E-state index is -0.244. The Hall–Kier alpha value is -3.44. The first kappa shape index (κ1) is 17.6. The van der Waals surface area contributed by atoms with Gasteiger partial charge in [-0.2, -0.15) is 10.4 Å². The monoisotopic (exact) mass is 405 g/mol. The van der Waals surface area contributed by atoms with Crippen molar-refractivity contribution < 1.29 is 0 Å². The Kier molecular flexibility index (Phi) is 4.00. The van der Waals surface area contributed by atoms with E-state index in [2.05, 4.69) is 31.6 Å². The highest BCUT2D eigenvalue weighted by Crippen LogP contribution is 2.38. The predicted octanol–water partition coefficient (Wildman–Crippen LogP) is 3.70. The summed E-state index contributed by atoms with van der Waals surface area (Å²) in [6.45, 7) is 1.96. The zero-order valence-corrected chi connectivity index (χ0v) is 16.2. The zero-order chi connectivity index (χ0) is 20.1. The summed E-state index contributed by atoms with van der Waals surface area (Å²) in [5.74, 6) is 0.494. The fraction of sp³-hybridized carbons (Fsp3) is 0.250. The van der Waals surface area contributed by atoms with Crippen LogP contribution in [0.25, 0.3) is 21.8 Å². The second-order valence-electron chi connectivity index (χ2n) is 7.18. The normalized spacial score (nSPS) is 14.8. The molecular weight excluding hydrogens is 390 g/mol. The molecule has 2 N–H and O–H groups in total. The van der Waals surface area contributed by atoms with Crippen LogP contribution in [0.3, 0.4) is 0 Å². The Balaban J connectivity index is 1.65. The highest BCUT2D eigenvalue weighted by molar-refractivity contribution is 6.35. The van der Waals surface area contributed by atoms with Gasteiger partial charge in [-0.05, 0) is 37.3 Å². The number of nitrogens with zero attached hydrogens (tertiary/aromatic N) is 5. The summed E-state index contributed by atoms with van der Waals surface area (Å²) in [7, 11) is 0. The van der Waals surface area contributed by atoms with E-state index in [1.54, 1.807) is 6.07 Å². The van der Waals surface area contributed by atoms with Crippen LogP contribution in [0, 0.1) is 11.3 Å². The number of anilines is 1. The number of pyridine rings is 1. The molecule has 0 spiro atoms. The third-order valence-corrected chi connectivity index (χ3v) is 5.55. The molecule has 1 fully saturated rings. The van der Waals surface area contributed by atoms with Crippen LogP contribution >= 0.6 is 11.6 Å². The summed E-state index contributed by atoms with van der Waals surface area (Å²) in [6.07, 6.45) is 3.34. The number of hydrogen-bond acceptors (Lipinski definition) is 6. The van der Waals surface area contributed by atoms with Gasteiger partial charge in [-0.1, -0.05) is 23.7 Å². The smallest absolute Gasteiger partial charge is 0.260 e. The van der Waals surface area contributed by atoms with Crippen LogP contribution in [0.5, 0.6) is 0 Å². The maximum absolute atomic E-state index is 13.2. The van der Waals surface area contributed by atoms with Gasteiger partial charge in [0.05, 0.1) is 21.8 Å². The van der Waals surface area contributed by atoms with E-state index in [1.165, 1.54) is 6.33 Å². The Morgan fingerprint density at radius 2 is 2.17 bits per heavy atom. The highest BCUT2D eigenvalue weighted by Gasteiger charge is 2.30. The average Bonchev–Trinajstić information content (AvgIpc) is 3.45. The number of H-pyrrole nitrogens is 1. The van der Waals surface area contributed by atoms with Gasteiger partial charge in [0.15, 0.2) is 11.3 Å². The molecule has 0 unspecified atom stereocenters. The van der Waals surface area contributed by atoms with E-state index in [0.717, 1.165) is 23.9 Å². The third kappa shape index (κ3) is 2.82. The molecule has 5 rings (SSSR count). The van der Waals surface area contributed by atoms with Crippen LogP contribution in [0.4, 0.5) is 5.82 Å². The lowest BCUT2D eigenvalue weighted by molar-refractivity contribution is 0.636. The molecule has 0 aliphatic heterocycles. The minimum absolute atomic E-state index is 0.0758. The molecule has 3 aromatic heterocycles. The Morgan fingerprint density at radius 1 is 1.34 bits per heavy atom. The molecule has 8 nitrogen and oxygen atoms in total. The van der Waals surface area contributed by atoms with E-state index in [9.17, 15) is 10.1 Å². The molecule has 1 atom stereocenters. The molecule has 29 heavy (non-hydrogen) atoms. The Labute approximate surface area is 170 Å². The van der Waals surface area contributed by atoms with Crippen molar-refractivity contribution in [1.29, 1.82) is 5.26 Å². The minimum Gasteiger partial charge on any atom is -0.361 e. The first-order chi connectivity index (χ1) is 14.1. The van der Waals surface area contributed by atoms with Gasteiger partial charge in [-0.3, -0.25) is 9.89 Å². The Morgan fingerprint density at radius 3 is 2.93 bits per heavy atom. The van der Waals surface area contributed by atoms with Crippen molar-refractivity contribution in [2.75, 3.05) is 5.32 Å². The molecule has 0 bridgehead atoms. The van der Waals surface area contributed by atoms with Gasteiger partial charge in [-0.25, -0.2) is 9.97 Å². The predicted molar refractivity (Wildman–Crippen MR) is 110 cm³/mol. The maximum Gasteiger partial charge on any atom is 0.260 e. The average molecular weight is 406 g/mol. The summed E-state index contributed by atoms with van der Waals surface area (Å²) in [4.78, 5) is 21.7. The lowest BCUT2D eigenvalue weighted by atomic mass is 10.1. The van der Waals surface area contributed by atoms with Crippen molar-refractivity contribution in [2.24, 2.45) is 0 Å². The SMILES string of the molecule is C[C@H](Nc1ncnc2[nH]nc(C#N)c12)c1cc2cccc(Cl)c2c(=O)n1C1CC1. The second kappa shape index (κ2) is 6.57. The number of hydrogen-bond donors (Lipinski definition) is 2. The lowest BCUT2D eigenvalue weighted by Crippen LogP contribution is -2.26. The van der Waals surface area contributed by atoms with Crippen molar-refractivity contribution in [2.45, 2.75) is 31.8 Å². The lowest BCUT2D eigenvalue weighted by Gasteiger charge is -2.21. The molecule has 0 saturated heterocycles. The highest BCUT2D eigenvalue weighted by atomic mass is 35.5. The van der Waals surface area contributed by atoms with E-state index < -0.39 is 0 Å². The van der Waals surface area contributed by atoms with Crippen molar-refractivity contribution >= 4 is 39.2 Å². The molecule has 1 aromatic carbocycles. The van der Waals surface area contributed by atoms with Gasteiger partial charge in [0.25, 0.3) is 5.56 Å². The largest absolute Gasteiger partial charge is 0.361 e. The second-order valence-corrected chi connectivity index (χ2v) is 7.58. The van der Waals surface area contributed by atoms with Crippen molar-refractivity contribution in [3.8, 4) is 6.07 Å². The van der Waals surface area contributed by atoms with E-state index in [4.69, 9.17) is 11.6 Å². The molecule has 3 heterocycles. The molecule has 0 amide bonds. The van der Waals surface area contributed by atoms with Gasteiger partial charge in [-0.15, -0.1) is 0 Å². The third-order valence-electron chi connectivity index (χ3n) is 5.23. The molecule has 1 saturated carbocycles. The number of halogens is 1. The first-order valence-corrected chi connectivity index (χ1v) is 9.65. The first-order valence-electron chi connectivity index (χ1n) is 9.28. The Bertz CT molecular complexity index is 1360. The number of aromatic nitrogens is 5. The van der Waals surface area contributed by atoms with Gasteiger partial charge in [0, 0.05) is 11.7 Å². The number of aromatic amines is 1. The van der Waals surface area contributed by atoms with Crippen LogP contribution in [0.1, 0.15) is 43.2 Å². The standard InChI is InChI=1S/C20H16ClN7O/c1-10(25-18-17-14(8-22)26-27-19(17)24-9-23-18)15-7-11-3-2-4-13(21)16(11)20(29)28(15)12-5-6-12/h2-4,7,9-10,12H,5-6H2,1H3,(H2,23,24,25,26,27)/t10-/m0/s1. The molecular formula is C20H16ClN7O. The fourth-order valence-electron chi connectivity index (χ4n) is 3.73. The fourth-order valence-corrected chi connectivity index (χ4v) is 3.99. The van der Waals surface area contributed by atoms with E-state index in [0.29, 0.717) is 27.3 Å². The molecule has 4 aromatic rings. The van der Waals surface area contributed by atoms with Gasteiger partial charge in [0.1, 0.15) is 18.2 Å². The summed E-state index contributed by atoms with van der Waals surface area (Å²) in [5.41, 5.74) is 1.48. The molecule has 0 radical (unpaired) electrons. The van der Waals surface area contributed by atoms with Crippen molar-refractivity contribution in [1.82, 2.24) is 24.7 Å². The summed E-state index contributed by atoms with van der Waals surface area (Å²) >= 11 is 6.32. The van der Waals surface area contributed by atoms with Crippen LogP contribution in [-0.4, -0.2) is 24.7 Å². The van der Waals surface area contributed by atoms with E-state index in [-0.39, 0.29) is 23.3 Å². The molecule has 9 heteroatoms. The van der Waals surface area contributed by atoms with E-state index in [1.807, 2.05) is 29.7 Å². The summed E-state index contributed by atoms with van der Waals surface area (Å²) in [6, 6.07) is 9.45. The maximum atomic E-state index is 13.2. The van der Waals surface area contributed by atoms with Gasteiger partial charge in [0.2, 0.25) is 0 Å². The van der Waals surface area contributed by atoms with Crippen LogP contribution < -0.4 is 10.9 Å². The van der Waals surface area contributed by atoms with Crippen molar-refractivity contribution in [3.63, 3.8) is 0 Å². The quantitative estimate of drug-likeness (QED) is 0.535. The number of nitriles is 1. The molecule has 144 valence electrons. The molecule has 1 aliphatic rings. The van der Waals surface area contributed by atoms with Gasteiger partial charge >= 0.3 is 0 Å². The number of nitrogens with one attached hydrogen (secondary N) is 2. The van der Waals surface area contributed by atoms with E-state index >= 15 is 0 Å². The van der Waals surface area contributed by atoms with Crippen LogP contribution in [-0.2, 0) is 0 Å². The topological polar surface area (TPSA) is 112 Å². The molecule has 1 aliphatic carbocycles. The van der Waals surface area contributed by atoms with Crippen molar-refractivity contribution in [3.05, 3.63) is 57.4 Å². The van der Waals surface area contributed by atoms with Crippen LogP contribution in [0.15, 0.2) is 35.4 Å². The number of fused-ring (bicyclic) bond motifs is 2. The summed E-state index contributed by atoms with van der Waals surface area (Å²) < 4.78 is 1.84. The zero-order valence-electron chi connectivity index (χ0n) is 15.5.